The highest BCUT2D eigenvalue weighted by Gasteiger charge is 2.37. The molecule has 0 radical (unpaired) electrons. The fraction of sp³-hybridized carbons (Fsp3) is 0.0833. The van der Waals surface area contributed by atoms with Crippen molar-refractivity contribution >= 4 is 32.7 Å². The molecule has 0 nitrogen and oxygen atoms in total. The molecule has 0 heterocycles. The molecule has 0 amide bonds. The molecular weight excluding hydrogens is 577 g/mol. The standard InChI is InChI=1S/C48H36/c1-5-31(29-46-30(2)38-14-8-9-19-45(38)48(46,3)4)33-20-21-36-27-34(22-23-35(36)26-33)32-12-10-13-37(28-32)39-24-25-44-41-16-7-6-15-40(41)43-18-11-17-42(39)47(43)44/h5-29H,2H2,1,3-4H3/b31-5+,46-29+. The first kappa shape index (κ1) is 28.5. The predicted molar refractivity (Wildman–Crippen MR) is 207 cm³/mol. The fourth-order valence-corrected chi connectivity index (χ4v) is 8.25. The van der Waals surface area contributed by atoms with Crippen LogP contribution in [0.3, 0.4) is 0 Å². The molecule has 7 aromatic carbocycles. The van der Waals surface area contributed by atoms with Crippen LogP contribution in [-0.4, -0.2) is 0 Å². The number of fused-ring (bicyclic) bond motifs is 5. The van der Waals surface area contributed by atoms with Crippen molar-refractivity contribution in [3.63, 3.8) is 0 Å². The van der Waals surface area contributed by atoms with Crippen LogP contribution in [0.15, 0.2) is 164 Å². The molecule has 0 aromatic heterocycles. The number of rotatable bonds is 4. The average Bonchev–Trinajstić information content (AvgIpc) is 3.55. The van der Waals surface area contributed by atoms with Crippen LogP contribution >= 0.6 is 0 Å². The van der Waals surface area contributed by atoms with Crippen molar-refractivity contribution in [2.75, 3.05) is 0 Å². The summed E-state index contributed by atoms with van der Waals surface area (Å²) in [5.41, 5.74) is 17.7. The van der Waals surface area contributed by atoms with Gasteiger partial charge in [-0.2, -0.15) is 0 Å². The van der Waals surface area contributed by atoms with E-state index in [2.05, 4.69) is 179 Å². The lowest BCUT2D eigenvalue weighted by atomic mass is 9.81. The lowest BCUT2D eigenvalue weighted by molar-refractivity contribution is 0.661. The Labute approximate surface area is 283 Å². The van der Waals surface area contributed by atoms with Gasteiger partial charge in [0, 0.05) is 5.41 Å². The molecular formula is C48H36. The van der Waals surface area contributed by atoms with Crippen LogP contribution in [0.1, 0.15) is 37.5 Å². The van der Waals surface area contributed by atoms with E-state index in [1.807, 2.05) is 0 Å². The second-order valence-corrected chi connectivity index (χ2v) is 13.7. The molecule has 0 bridgehead atoms. The number of hydrogen-bond donors (Lipinski definition) is 0. The van der Waals surface area contributed by atoms with Crippen molar-refractivity contribution in [2.45, 2.75) is 26.2 Å². The molecule has 228 valence electrons. The topological polar surface area (TPSA) is 0 Å². The van der Waals surface area contributed by atoms with E-state index in [4.69, 9.17) is 0 Å². The minimum atomic E-state index is -0.0833. The third kappa shape index (κ3) is 4.23. The molecule has 0 saturated carbocycles. The quantitative estimate of drug-likeness (QED) is 0.185. The van der Waals surface area contributed by atoms with Crippen LogP contribution in [-0.2, 0) is 5.41 Å². The Bertz CT molecular complexity index is 2520. The number of allylic oxidation sites excluding steroid dienone is 5. The van der Waals surface area contributed by atoms with Crippen LogP contribution in [0.2, 0.25) is 0 Å². The van der Waals surface area contributed by atoms with Crippen molar-refractivity contribution in [1.82, 2.24) is 0 Å². The predicted octanol–water partition coefficient (Wildman–Crippen LogP) is 13.3. The van der Waals surface area contributed by atoms with Crippen LogP contribution in [0.5, 0.6) is 0 Å². The summed E-state index contributed by atoms with van der Waals surface area (Å²) in [4.78, 5) is 0. The first-order valence-electron chi connectivity index (χ1n) is 16.9. The first-order valence-corrected chi connectivity index (χ1v) is 16.9. The van der Waals surface area contributed by atoms with Gasteiger partial charge in [0.15, 0.2) is 0 Å². The van der Waals surface area contributed by atoms with E-state index in [1.54, 1.807) is 0 Å². The monoisotopic (exact) mass is 612 g/mol. The molecule has 0 saturated heterocycles. The molecule has 0 heteroatoms. The summed E-state index contributed by atoms with van der Waals surface area (Å²) in [6.07, 6.45) is 4.57. The van der Waals surface area contributed by atoms with Crippen LogP contribution < -0.4 is 0 Å². The zero-order valence-corrected chi connectivity index (χ0v) is 27.6. The van der Waals surface area contributed by atoms with Crippen molar-refractivity contribution in [2.24, 2.45) is 0 Å². The normalized spacial score (nSPS) is 15.4. The molecule has 0 N–H and O–H groups in total. The van der Waals surface area contributed by atoms with Crippen LogP contribution in [0.25, 0.3) is 77.2 Å². The van der Waals surface area contributed by atoms with Gasteiger partial charge in [0.2, 0.25) is 0 Å². The highest BCUT2D eigenvalue weighted by Crippen LogP contribution is 2.51. The van der Waals surface area contributed by atoms with Gasteiger partial charge in [-0.25, -0.2) is 0 Å². The second-order valence-electron chi connectivity index (χ2n) is 13.7. The summed E-state index contributed by atoms with van der Waals surface area (Å²) in [6, 6.07) is 51.6. The summed E-state index contributed by atoms with van der Waals surface area (Å²) in [6.45, 7) is 11.3. The van der Waals surface area contributed by atoms with Gasteiger partial charge in [0.1, 0.15) is 0 Å². The minimum absolute atomic E-state index is 0.0833. The van der Waals surface area contributed by atoms with Gasteiger partial charge in [0.05, 0.1) is 0 Å². The summed E-state index contributed by atoms with van der Waals surface area (Å²) >= 11 is 0. The molecule has 2 aliphatic carbocycles. The number of hydrogen-bond acceptors (Lipinski definition) is 0. The number of benzene rings is 7. The van der Waals surface area contributed by atoms with E-state index in [9.17, 15) is 0 Å². The van der Waals surface area contributed by atoms with E-state index in [0.717, 1.165) is 5.57 Å². The van der Waals surface area contributed by atoms with Gasteiger partial charge >= 0.3 is 0 Å². The molecule has 0 fully saturated rings. The Morgan fingerprint density at radius 3 is 1.96 bits per heavy atom. The van der Waals surface area contributed by atoms with Crippen molar-refractivity contribution < 1.29 is 0 Å². The molecule has 2 aliphatic rings. The van der Waals surface area contributed by atoms with E-state index in [-0.39, 0.29) is 5.41 Å². The van der Waals surface area contributed by atoms with Crippen molar-refractivity contribution in [3.05, 3.63) is 181 Å². The average molecular weight is 613 g/mol. The molecule has 48 heavy (non-hydrogen) atoms. The van der Waals surface area contributed by atoms with E-state index in [1.165, 1.54) is 93.9 Å². The summed E-state index contributed by atoms with van der Waals surface area (Å²) in [7, 11) is 0. The van der Waals surface area contributed by atoms with Crippen molar-refractivity contribution in [3.8, 4) is 44.5 Å². The molecule has 0 aliphatic heterocycles. The van der Waals surface area contributed by atoms with Gasteiger partial charge in [-0.3, -0.25) is 0 Å². The van der Waals surface area contributed by atoms with E-state index < -0.39 is 0 Å². The van der Waals surface area contributed by atoms with Gasteiger partial charge in [-0.1, -0.05) is 154 Å². The summed E-state index contributed by atoms with van der Waals surface area (Å²) < 4.78 is 0. The Hall–Kier alpha value is -5.72. The van der Waals surface area contributed by atoms with Crippen molar-refractivity contribution in [1.29, 1.82) is 0 Å². The molecule has 0 atom stereocenters. The van der Waals surface area contributed by atoms with E-state index >= 15 is 0 Å². The fourth-order valence-electron chi connectivity index (χ4n) is 8.25. The Morgan fingerprint density at radius 1 is 0.542 bits per heavy atom. The van der Waals surface area contributed by atoms with Gasteiger partial charge in [-0.05, 0) is 125 Å². The second kappa shape index (κ2) is 10.7. The van der Waals surface area contributed by atoms with Crippen LogP contribution in [0.4, 0.5) is 0 Å². The highest BCUT2D eigenvalue weighted by atomic mass is 14.4. The Morgan fingerprint density at radius 2 is 1.17 bits per heavy atom. The maximum atomic E-state index is 4.51. The minimum Gasteiger partial charge on any atom is -0.0908 e. The lowest BCUT2D eigenvalue weighted by Crippen LogP contribution is -2.15. The zero-order chi connectivity index (χ0) is 32.6. The maximum Gasteiger partial charge on any atom is 0.0158 e. The van der Waals surface area contributed by atoms with Gasteiger partial charge < -0.3 is 0 Å². The zero-order valence-electron chi connectivity index (χ0n) is 27.6. The molecule has 0 unspecified atom stereocenters. The maximum absolute atomic E-state index is 4.51. The first-order chi connectivity index (χ1) is 23.4. The summed E-state index contributed by atoms with van der Waals surface area (Å²) in [5, 5.41) is 5.16. The largest absolute Gasteiger partial charge is 0.0908 e. The molecule has 9 rings (SSSR count). The summed E-state index contributed by atoms with van der Waals surface area (Å²) in [5.74, 6) is 0. The highest BCUT2D eigenvalue weighted by molar-refractivity contribution is 6.18. The smallest absolute Gasteiger partial charge is 0.0158 e. The molecule has 0 spiro atoms. The van der Waals surface area contributed by atoms with Gasteiger partial charge in [-0.15, -0.1) is 0 Å². The SMILES string of the molecule is C=C1/C(=C\C(=C/C)c2ccc3cc(-c4cccc(-c5ccc6c7c(cccc57)-c5ccccc5-6)c4)ccc3c2)C(C)(C)c2ccccc21. The molecule has 7 aromatic rings. The lowest BCUT2D eigenvalue weighted by Gasteiger charge is -2.22. The van der Waals surface area contributed by atoms with E-state index in [0.29, 0.717) is 0 Å². The van der Waals surface area contributed by atoms with Gasteiger partial charge in [0.25, 0.3) is 0 Å². The Balaban J connectivity index is 1.06. The van der Waals surface area contributed by atoms with Crippen LogP contribution in [0, 0.1) is 0 Å². The third-order valence-corrected chi connectivity index (χ3v) is 10.8. The Kier molecular flexibility index (Phi) is 6.33. The third-order valence-electron chi connectivity index (χ3n) is 10.8.